The van der Waals surface area contributed by atoms with Gasteiger partial charge >= 0.3 is 0 Å². The van der Waals surface area contributed by atoms with Gasteiger partial charge in [-0.25, -0.2) is 4.98 Å². The highest BCUT2D eigenvalue weighted by atomic mass is 16.2. The molecule has 3 rings (SSSR count). The molecule has 3 N–H and O–H groups in total. The Morgan fingerprint density at radius 3 is 2.77 bits per heavy atom. The van der Waals surface area contributed by atoms with E-state index in [0.717, 1.165) is 36.0 Å². The van der Waals surface area contributed by atoms with Gasteiger partial charge in [-0.05, 0) is 50.6 Å². The number of carbonyl (C=O) groups excluding carboxylic acids is 2. The molecule has 30 heavy (non-hydrogen) atoms. The number of H-pyrrole nitrogens is 1. The first-order valence-electron chi connectivity index (χ1n) is 11.2. The van der Waals surface area contributed by atoms with Crippen molar-refractivity contribution >= 4 is 22.8 Å². The van der Waals surface area contributed by atoms with E-state index in [-0.39, 0.29) is 17.9 Å². The first-order valence-corrected chi connectivity index (χ1v) is 11.2. The van der Waals surface area contributed by atoms with Gasteiger partial charge in [-0.2, -0.15) is 0 Å². The van der Waals surface area contributed by atoms with Gasteiger partial charge in [0.1, 0.15) is 11.7 Å². The van der Waals surface area contributed by atoms with Crippen molar-refractivity contribution < 1.29 is 9.59 Å². The fourth-order valence-corrected chi connectivity index (χ4v) is 4.15. The quantitative estimate of drug-likeness (QED) is 0.589. The van der Waals surface area contributed by atoms with E-state index >= 15 is 0 Å². The average molecular weight is 414 g/mol. The number of pyridine rings is 1. The molecule has 1 fully saturated rings. The summed E-state index contributed by atoms with van der Waals surface area (Å²) in [6.45, 7) is 5.08. The zero-order valence-corrected chi connectivity index (χ0v) is 18.4. The number of hydrogen-bond donors (Lipinski definition) is 3. The first-order chi connectivity index (χ1) is 14.5. The number of aromatic nitrogens is 2. The third-order valence-electron chi connectivity index (χ3n) is 6.39. The van der Waals surface area contributed by atoms with E-state index in [4.69, 9.17) is 0 Å². The van der Waals surface area contributed by atoms with Crippen molar-refractivity contribution in [3.63, 3.8) is 0 Å². The number of nitrogens with one attached hydrogen (secondary N) is 3. The fourth-order valence-electron chi connectivity index (χ4n) is 4.15. The summed E-state index contributed by atoms with van der Waals surface area (Å²) >= 11 is 0. The van der Waals surface area contributed by atoms with Crippen molar-refractivity contribution in [3.05, 3.63) is 30.1 Å². The number of nitrogens with zero attached hydrogens (tertiary/aromatic N) is 2. The summed E-state index contributed by atoms with van der Waals surface area (Å²) in [5.41, 5.74) is 1.78. The number of amides is 2. The van der Waals surface area contributed by atoms with Gasteiger partial charge in [-0.1, -0.05) is 39.0 Å². The Morgan fingerprint density at radius 1 is 1.27 bits per heavy atom. The van der Waals surface area contributed by atoms with Crippen LogP contribution >= 0.6 is 0 Å². The second-order valence-corrected chi connectivity index (χ2v) is 8.53. The lowest BCUT2D eigenvalue weighted by Gasteiger charge is -2.29. The van der Waals surface area contributed by atoms with Crippen LogP contribution in [-0.2, 0) is 16.1 Å². The molecule has 7 nitrogen and oxygen atoms in total. The van der Waals surface area contributed by atoms with E-state index < -0.39 is 6.04 Å². The third kappa shape index (κ3) is 5.81. The highest BCUT2D eigenvalue weighted by molar-refractivity contribution is 5.89. The minimum Gasteiger partial charge on any atom is -0.350 e. The average Bonchev–Trinajstić information content (AvgIpc) is 3.24. The van der Waals surface area contributed by atoms with Crippen molar-refractivity contribution in [3.8, 4) is 0 Å². The second kappa shape index (κ2) is 10.6. The zero-order chi connectivity index (χ0) is 21.5. The normalized spacial score (nSPS) is 17.1. The minimum atomic E-state index is -0.503. The highest BCUT2D eigenvalue weighted by Crippen LogP contribution is 2.27. The van der Waals surface area contributed by atoms with Crippen LogP contribution in [0.4, 0.5) is 0 Å². The molecule has 1 aliphatic carbocycles. The Hall–Kier alpha value is -2.41. The molecule has 2 atom stereocenters. The summed E-state index contributed by atoms with van der Waals surface area (Å²) in [6, 6.07) is 3.21. The molecular weight excluding hydrogens is 378 g/mol. The summed E-state index contributed by atoms with van der Waals surface area (Å²) in [5.74, 6) is 0.284. The number of carbonyl (C=O) groups is 2. The molecule has 7 heteroatoms. The fraction of sp³-hybridized carbons (Fsp3) is 0.609. The number of aromatic amines is 1. The van der Waals surface area contributed by atoms with Crippen molar-refractivity contribution in [1.82, 2.24) is 25.5 Å². The first kappa shape index (κ1) is 22.3. The SMILES string of the molecule is CCN(C)C(C)C(=O)N[C@@H](CC1CCCCC1)C(=O)NCc1cnc2[nH]ccc2c1. The lowest BCUT2D eigenvalue weighted by molar-refractivity contribution is -0.131. The van der Waals surface area contributed by atoms with Gasteiger partial charge in [0.25, 0.3) is 0 Å². The predicted octanol–water partition coefficient (Wildman–Crippen LogP) is 2.97. The summed E-state index contributed by atoms with van der Waals surface area (Å²) in [4.78, 5) is 35.2. The maximum Gasteiger partial charge on any atom is 0.242 e. The van der Waals surface area contributed by atoms with Crippen LogP contribution in [0.2, 0.25) is 0 Å². The van der Waals surface area contributed by atoms with Crippen molar-refractivity contribution in [2.75, 3.05) is 13.6 Å². The Bertz CT molecular complexity index is 843. The monoisotopic (exact) mass is 413 g/mol. The van der Waals surface area contributed by atoms with Crippen LogP contribution in [-0.4, -0.2) is 52.4 Å². The molecule has 2 aromatic rings. The number of rotatable bonds is 9. The van der Waals surface area contributed by atoms with E-state index in [9.17, 15) is 9.59 Å². The van der Waals surface area contributed by atoms with Crippen LogP contribution in [0.1, 0.15) is 57.9 Å². The molecule has 0 spiro atoms. The highest BCUT2D eigenvalue weighted by Gasteiger charge is 2.28. The van der Waals surface area contributed by atoms with Crippen molar-refractivity contribution in [2.45, 2.75) is 71.0 Å². The van der Waals surface area contributed by atoms with Gasteiger partial charge in [0.15, 0.2) is 0 Å². The number of likely N-dealkylation sites (N-methyl/N-ethyl adjacent to an activating group) is 1. The van der Waals surface area contributed by atoms with Crippen LogP contribution in [0, 0.1) is 5.92 Å². The number of fused-ring (bicyclic) bond motifs is 1. The minimum absolute atomic E-state index is 0.0919. The molecule has 0 saturated heterocycles. The van der Waals surface area contributed by atoms with Gasteiger partial charge in [0, 0.05) is 24.3 Å². The van der Waals surface area contributed by atoms with Gasteiger partial charge < -0.3 is 15.6 Å². The van der Waals surface area contributed by atoms with Crippen LogP contribution in [0.25, 0.3) is 11.0 Å². The van der Waals surface area contributed by atoms with Gasteiger partial charge in [-0.3, -0.25) is 14.5 Å². The lowest BCUT2D eigenvalue weighted by Crippen LogP contribution is -2.52. The van der Waals surface area contributed by atoms with Crippen LogP contribution in [0.3, 0.4) is 0 Å². The molecule has 1 saturated carbocycles. The van der Waals surface area contributed by atoms with Crippen molar-refractivity contribution in [2.24, 2.45) is 5.92 Å². The molecule has 0 aliphatic heterocycles. The zero-order valence-electron chi connectivity index (χ0n) is 18.4. The molecule has 164 valence electrons. The van der Waals surface area contributed by atoms with E-state index in [1.165, 1.54) is 19.3 Å². The topological polar surface area (TPSA) is 90.1 Å². The summed E-state index contributed by atoms with van der Waals surface area (Å²) in [6.07, 6.45) is 10.3. The second-order valence-electron chi connectivity index (χ2n) is 8.53. The van der Waals surface area contributed by atoms with Gasteiger partial charge in [0.05, 0.1) is 6.04 Å². The predicted molar refractivity (Wildman–Crippen MR) is 119 cm³/mol. The van der Waals surface area contributed by atoms with Crippen LogP contribution < -0.4 is 10.6 Å². The maximum atomic E-state index is 13.0. The Morgan fingerprint density at radius 2 is 2.03 bits per heavy atom. The van der Waals surface area contributed by atoms with E-state index in [1.807, 2.05) is 44.1 Å². The largest absolute Gasteiger partial charge is 0.350 e. The smallest absolute Gasteiger partial charge is 0.242 e. The molecule has 0 aromatic carbocycles. The standard InChI is InChI=1S/C23H35N5O2/c1-4-28(3)16(2)22(29)27-20(13-17-8-6-5-7-9-17)23(30)26-15-18-12-19-10-11-24-21(19)25-14-18/h10-12,14,16-17,20H,4-9,13,15H2,1-3H3,(H,24,25)(H,26,30)(H,27,29)/t16?,20-/m0/s1. The Labute approximate surface area is 179 Å². The lowest BCUT2D eigenvalue weighted by atomic mass is 9.84. The summed E-state index contributed by atoms with van der Waals surface area (Å²) < 4.78 is 0. The molecule has 2 amide bonds. The van der Waals surface area contributed by atoms with E-state index in [1.54, 1.807) is 6.20 Å². The Kier molecular flexibility index (Phi) is 7.85. The molecule has 0 bridgehead atoms. The van der Waals surface area contributed by atoms with Crippen LogP contribution in [0.15, 0.2) is 24.5 Å². The number of hydrogen-bond acceptors (Lipinski definition) is 4. The molecule has 2 heterocycles. The molecule has 1 aliphatic rings. The molecule has 0 radical (unpaired) electrons. The van der Waals surface area contributed by atoms with Gasteiger partial charge in [0.2, 0.25) is 11.8 Å². The molecular formula is C23H35N5O2. The van der Waals surface area contributed by atoms with Gasteiger partial charge in [-0.15, -0.1) is 0 Å². The third-order valence-corrected chi connectivity index (χ3v) is 6.39. The molecule has 1 unspecified atom stereocenters. The molecule has 2 aromatic heterocycles. The summed E-state index contributed by atoms with van der Waals surface area (Å²) in [5, 5.41) is 7.06. The Balaban J connectivity index is 1.64. The van der Waals surface area contributed by atoms with E-state index in [2.05, 4.69) is 20.6 Å². The van der Waals surface area contributed by atoms with E-state index in [0.29, 0.717) is 18.9 Å². The summed E-state index contributed by atoms with van der Waals surface area (Å²) in [7, 11) is 1.92. The van der Waals surface area contributed by atoms with Crippen LogP contribution in [0.5, 0.6) is 0 Å². The maximum absolute atomic E-state index is 13.0. The van der Waals surface area contributed by atoms with Crippen molar-refractivity contribution in [1.29, 1.82) is 0 Å².